The molecule has 0 bridgehead atoms. The van der Waals surface area contributed by atoms with E-state index in [1.807, 2.05) is 36.4 Å². The Morgan fingerprint density at radius 2 is 1.76 bits per heavy atom. The Kier molecular flexibility index (Phi) is 8.98. The lowest BCUT2D eigenvalue weighted by molar-refractivity contribution is -0.124. The van der Waals surface area contributed by atoms with Crippen LogP contribution in [0.4, 0.5) is 10.5 Å². The number of fused-ring (bicyclic) bond motifs is 1. The maximum atomic E-state index is 13.0. The second kappa shape index (κ2) is 12.4. The molecular formula is C25H26N2O7. The fourth-order valence-electron chi connectivity index (χ4n) is 3.42. The number of hydrogen-bond donors (Lipinski definition) is 4. The molecule has 2 atom stereocenters. The lowest BCUT2D eigenvalue weighted by Gasteiger charge is -2.26. The molecule has 9 heteroatoms. The van der Waals surface area contributed by atoms with Gasteiger partial charge in [0.15, 0.2) is 6.10 Å². The van der Waals surface area contributed by atoms with Crippen LogP contribution in [0.3, 0.4) is 0 Å². The Hall–Kier alpha value is -3.92. The second-order valence-electron chi connectivity index (χ2n) is 7.12. The van der Waals surface area contributed by atoms with Crippen LogP contribution in [0.1, 0.15) is 11.7 Å². The molecule has 0 aliphatic carbocycles. The van der Waals surface area contributed by atoms with Crippen LogP contribution in [-0.4, -0.2) is 48.7 Å². The zero-order chi connectivity index (χ0) is 24.3. The number of benzene rings is 3. The van der Waals surface area contributed by atoms with Crippen LogP contribution in [-0.2, 0) is 14.3 Å². The van der Waals surface area contributed by atoms with Crippen LogP contribution in [0.25, 0.3) is 10.8 Å². The summed E-state index contributed by atoms with van der Waals surface area (Å²) in [5, 5.41) is 22.5. The van der Waals surface area contributed by atoms with Crippen LogP contribution in [0.15, 0.2) is 78.9 Å². The van der Waals surface area contributed by atoms with Crippen molar-refractivity contribution < 1.29 is 34.1 Å². The maximum absolute atomic E-state index is 13.0. The van der Waals surface area contributed by atoms with Crippen LogP contribution in [0.2, 0.25) is 0 Å². The number of para-hydroxylation sites is 1. The van der Waals surface area contributed by atoms with Gasteiger partial charge >= 0.3 is 6.09 Å². The van der Waals surface area contributed by atoms with Gasteiger partial charge in [-0.15, -0.1) is 0 Å². The number of amides is 2. The van der Waals surface area contributed by atoms with Crippen molar-refractivity contribution in [1.82, 2.24) is 5.48 Å². The number of rotatable bonds is 10. The van der Waals surface area contributed by atoms with Crippen LogP contribution in [0.5, 0.6) is 5.75 Å². The molecular weight excluding hydrogens is 440 g/mol. The number of aliphatic hydroxyl groups is 1. The lowest BCUT2D eigenvalue weighted by atomic mass is 10.0. The van der Waals surface area contributed by atoms with Gasteiger partial charge in [0.1, 0.15) is 18.5 Å². The summed E-state index contributed by atoms with van der Waals surface area (Å²) in [7, 11) is 1.39. The van der Waals surface area contributed by atoms with E-state index in [-0.39, 0.29) is 13.2 Å². The summed E-state index contributed by atoms with van der Waals surface area (Å²) >= 11 is 0. The minimum Gasteiger partial charge on any atom is -0.491 e. The van der Waals surface area contributed by atoms with Crippen molar-refractivity contribution in [2.45, 2.75) is 12.2 Å². The zero-order valence-corrected chi connectivity index (χ0v) is 18.5. The van der Waals surface area contributed by atoms with Crippen LogP contribution in [0, 0.1) is 0 Å². The number of carbonyl (C=O) groups excluding carboxylic acids is 2. The van der Waals surface area contributed by atoms with E-state index in [1.165, 1.54) is 18.7 Å². The Bertz CT molecular complexity index is 1140. The molecule has 0 radical (unpaired) electrons. The molecule has 4 N–H and O–H groups in total. The molecule has 0 aromatic heterocycles. The zero-order valence-electron chi connectivity index (χ0n) is 18.5. The minimum atomic E-state index is -1.03. The van der Waals surface area contributed by atoms with Gasteiger partial charge in [0.05, 0.1) is 12.3 Å². The third-order valence-electron chi connectivity index (χ3n) is 4.95. The van der Waals surface area contributed by atoms with E-state index in [0.29, 0.717) is 17.0 Å². The first-order valence-corrected chi connectivity index (χ1v) is 10.5. The van der Waals surface area contributed by atoms with E-state index in [0.717, 1.165) is 16.8 Å². The lowest BCUT2D eigenvalue weighted by Crippen LogP contribution is -2.28. The van der Waals surface area contributed by atoms with Crippen molar-refractivity contribution in [1.29, 1.82) is 0 Å². The number of nitrogens with one attached hydrogen (secondary N) is 2. The molecule has 3 aromatic carbocycles. The van der Waals surface area contributed by atoms with Crippen molar-refractivity contribution in [3.8, 4) is 5.75 Å². The third-order valence-corrected chi connectivity index (χ3v) is 4.95. The van der Waals surface area contributed by atoms with E-state index in [1.54, 1.807) is 30.3 Å². The smallest absolute Gasteiger partial charge is 0.412 e. The summed E-state index contributed by atoms with van der Waals surface area (Å²) in [4.78, 5) is 24.5. The number of hydroxylamine groups is 1. The monoisotopic (exact) mass is 466 g/mol. The quantitative estimate of drug-likeness (QED) is 0.204. The first-order chi connectivity index (χ1) is 16.6. The molecule has 0 aliphatic rings. The Balaban J connectivity index is 1.92. The molecule has 0 saturated heterocycles. The molecule has 2 amide bonds. The SMILES string of the molecule is CO[C@H](/C=C/C(=O)NO)[C@H](OC(=O)Nc1cccc2ccccc12)c1ccccc1OCCO. The number of anilines is 1. The predicted octanol–water partition coefficient (Wildman–Crippen LogP) is 3.58. The summed E-state index contributed by atoms with van der Waals surface area (Å²) in [6.07, 6.45) is -0.276. The van der Waals surface area contributed by atoms with Crippen LogP contribution >= 0.6 is 0 Å². The Labute approximate surface area is 196 Å². The third kappa shape index (κ3) is 6.32. The fraction of sp³-hybridized carbons (Fsp3) is 0.200. The average molecular weight is 466 g/mol. The van der Waals surface area contributed by atoms with E-state index < -0.39 is 24.2 Å². The first kappa shape index (κ1) is 24.7. The highest BCUT2D eigenvalue weighted by Gasteiger charge is 2.29. The molecule has 178 valence electrons. The van der Waals surface area contributed by atoms with Gasteiger partial charge < -0.3 is 19.3 Å². The number of methoxy groups -OCH3 is 1. The summed E-state index contributed by atoms with van der Waals surface area (Å²) in [5.41, 5.74) is 2.53. The van der Waals surface area contributed by atoms with Gasteiger partial charge in [-0.25, -0.2) is 10.3 Å². The van der Waals surface area contributed by atoms with Gasteiger partial charge in [-0.3, -0.25) is 15.3 Å². The largest absolute Gasteiger partial charge is 0.491 e. The molecule has 0 fully saturated rings. The standard InChI is InChI=1S/C25H26N2O7/c1-32-22(13-14-23(29)27-31)24(19-10-4-5-12-21(19)33-16-15-28)34-25(30)26-20-11-6-8-17-7-2-3-9-18(17)20/h2-14,22,24,28,31H,15-16H2,1H3,(H,26,30)(H,27,29)/b14-13+/t22-,24-/m1/s1. The predicted molar refractivity (Wildman–Crippen MR) is 126 cm³/mol. The highest BCUT2D eigenvalue weighted by atomic mass is 16.6. The summed E-state index contributed by atoms with van der Waals surface area (Å²) in [6, 6.07) is 19.9. The van der Waals surface area contributed by atoms with Gasteiger partial charge in [-0.1, -0.05) is 54.6 Å². The number of ether oxygens (including phenoxy) is 3. The van der Waals surface area contributed by atoms with Crippen molar-refractivity contribution in [3.05, 3.63) is 84.4 Å². The molecule has 0 heterocycles. The molecule has 9 nitrogen and oxygen atoms in total. The topological polar surface area (TPSA) is 126 Å². The molecule has 0 saturated carbocycles. The fourth-order valence-corrected chi connectivity index (χ4v) is 3.42. The van der Waals surface area contributed by atoms with Crippen molar-refractivity contribution in [3.63, 3.8) is 0 Å². The normalized spacial score (nSPS) is 12.8. The number of aliphatic hydroxyl groups excluding tert-OH is 1. The molecule has 0 unspecified atom stereocenters. The summed E-state index contributed by atoms with van der Waals surface area (Å²) < 4.78 is 16.9. The van der Waals surface area contributed by atoms with E-state index >= 15 is 0 Å². The summed E-state index contributed by atoms with van der Waals surface area (Å²) in [5.74, 6) is -0.396. The number of hydrogen-bond acceptors (Lipinski definition) is 7. The molecule has 0 aliphatic heterocycles. The highest BCUT2D eigenvalue weighted by molar-refractivity contribution is 6.00. The second-order valence-corrected chi connectivity index (χ2v) is 7.12. The van der Waals surface area contributed by atoms with Crippen LogP contribution < -0.4 is 15.5 Å². The van der Waals surface area contributed by atoms with Gasteiger partial charge in [-0.05, 0) is 23.6 Å². The van der Waals surface area contributed by atoms with Gasteiger partial charge in [0.25, 0.3) is 5.91 Å². The van der Waals surface area contributed by atoms with Crippen molar-refractivity contribution in [2.24, 2.45) is 0 Å². The minimum absolute atomic E-state index is 0.0341. The van der Waals surface area contributed by atoms with E-state index in [2.05, 4.69) is 5.32 Å². The van der Waals surface area contributed by atoms with Gasteiger partial charge in [0.2, 0.25) is 0 Å². The van der Waals surface area contributed by atoms with Gasteiger partial charge in [-0.2, -0.15) is 0 Å². The molecule has 0 spiro atoms. The summed E-state index contributed by atoms with van der Waals surface area (Å²) in [6.45, 7) is -0.169. The van der Waals surface area contributed by atoms with Crippen molar-refractivity contribution >= 4 is 28.5 Å². The van der Waals surface area contributed by atoms with Crippen molar-refractivity contribution in [2.75, 3.05) is 25.6 Å². The van der Waals surface area contributed by atoms with E-state index in [4.69, 9.17) is 24.5 Å². The molecule has 3 rings (SSSR count). The van der Waals surface area contributed by atoms with E-state index in [9.17, 15) is 9.59 Å². The highest BCUT2D eigenvalue weighted by Crippen LogP contribution is 2.33. The molecule has 34 heavy (non-hydrogen) atoms. The Morgan fingerprint density at radius 3 is 2.53 bits per heavy atom. The Morgan fingerprint density at radius 1 is 1.03 bits per heavy atom. The first-order valence-electron chi connectivity index (χ1n) is 10.5. The maximum Gasteiger partial charge on any atom is 0.412 e. The molecule has 3 aromatic rings. The number of carbonyl (C=O) groups is 2. The van der Waals surface area contributed by atoms with Gasteiger partial charge in [0, 0.05) is 24.1 Å². The average Bonchev–Trinajstić information content (AvgIpc) is 2.87.